The summed E-state index contributed by atoms with van der Waals surface area (Å²) >= 11 is 0. The molecule has 76 valence electrons. The van der Waals surface area contributed by atoms with E-state index in [1.807, 2.05) is 6.92 Å². The predicted octanol–water partition coefficient (Wildman–Crippen LogP) is 2.30. The Morgan fingerprint density at radius 3 is 2.64 bits per heavy atom. The van der Waals surface area contributed by atoms with E-state index in [0.717, 1.165) is 0 Å². The standard InChI is InChI=1S/C12H18N2/c1-9-7-8-14(9)12-6-4-3-5-11(12)10(2)13/h3-6,9-10H,7-8,13H2,1-2H3. The molecule has 0 bridgehead atoms. The molecule has 0 spiro atoms. The van der Waals surface area contributed by atoms with Gasteiger partial charge < -0.3 is 10.6 Å². The van der Waals surface area contributed by atoms with Gasteiger partial charge in [-0.05, 0) is 31.9 Å². The molecule has 0 amide bonds. The summed E-state index contributed by atoms with van der Waals surface area (Å²) in [6.45, 7) is 5.48. The van der Waals surface area contributed by atoms with E-state index in [2.05, 4.69) is 36.1 Å². The fourth-order valence-electron chi connectivity index (χ4n) is 2.01. The Hall–Kier alpha value is -1.02. The quantitative estimate of drug-likeness (QED) is 0.775. The molecule has 1 aliphatic rings. The van der Waals surface area contributed by atoms with Crippen molar-refractivity contribution in [3.05, 3.63) is 29.8 Å². The number of nitrogens with zero attached hydrogens (tertiary/aromatic N) is 1. The van der Waals surface area contributed by atoms with Crippen LogP contribution in [-0.2, 0) is 0 Å². The number of nitrogens with two attached hydrogens (primary N) is 1. The molecule has 0 aliphatic carbocycles. The number of benzene rings is 1. The van der Waals surface area contributed by atoms with Gasteiger partial charge in [0, 0.05) is 24.3 Å². The molecule has 1 aliphatic heterocycles. The second-order valence-electron chi connectivity index (χ2n) is 4.18. The Balaban J connectivity index is 2.32. The van der Waals surface area contributed by atoms with Crippen LogP contribution in [0.2, 0.25) is 0 Å². The van der Waals surface area contributed by atoms with Gasteiger partial charge in [0.15, 0.2) is 0 Å². The van der Waals surface area contributed by atoms with Crippen LogP contribution < -0.4 is 10.6 Å². The van der Waals surface area contributed by atoms with E-state index in [1.54, 1.807) is 0 Å². The summed E-state index contributed by atoms with van der Waals surface area (Å²) in [6, 6.07) is 9.26. The molecule has 1 aromatic carbocycles. The van der Waals surface area contributed by atoms with Gasteiger partial charge in [-0.2, -0.15) is 0 Å². The first kappa shape index (κ1) is 9.53. The second-order valence-corrected chi connectivity index (χ2v) is 4.18. The van der Waals surface area contributed by atoms with E-state index in [-0.39, 0.29) is 6.04 Å². The van der Waals surface area contributed by atoms with Gasteiger partial charge in [0.1, 0.15) is 0 Å². The molecule has 1 aromatic rings. The third-order valence-electron chi connectivity index (χ3n) is 3.06. The lowest BCUT2D eigenvalue weighted by Crippen LogP contribution is -2.46. The van der Waals surface area contributed by atoms with Crippen molar-refractivity contribution in [3.8, 4) is 0 Å². The zero-order valence-corrected chi connectivity index (χ0v) is 8.90. The Labute approximate surface area is 85.7 Å². The molecule has 2 N–H and O–H groups in total. The Morgan fingerprint density at radius 1 is 1.43 bits per heavy atom. The monoisotopic (exact) mass is 190 g/mol. The summed E-state index contributed by atoms with van der Waals surface area (Å²) in [7, 11) is 0. The highest BCUT2D eigenvalue weighted by Crippen LogP contribution is 2.31. The number of rotatable bonds is 2. The van der Waals surface area contributed by atoms with Crippen LogP contribution in [-0.4, -0.2) is 12.6 Å². The lowest BCUT2D eigenvalue weighted by atomic mass is 9.99. The van der Waals surface area contributed by atoms with Crippen molar-refractivity contribution in [2.75, 3.05) is 11.4 Å². The summed E-state index contributed by atoms with van der Waals surface area (Å²) in [6.07, 6.45) is 1.30. The van der Waals surface area contributed by atoms with E-state index in [9.17, 15) is 0 Å². The summed E-state index contributed by atoms with van der Waals surface area (Å²) in [5.41, 5.74) is 8.53. The van der Waals surface area contributed by atoms with Gasteiger partial charge in [0.25, 0.3) is 0 Å². The van der Waals surface area contributed by atoms with Crippen molar-refractivity contribution in [1.82, 2.24) is 0 Å². The van der Waals surface area contributed by atoms with Gasteiger partial charge in [0.05, 0.1) is 0 Å². The fourth-order valence-corrected chi connectivity index (χ4v) is 2.01. The third kappa shape index (κ3) is 1.50. The molecule has 1 heterocycles. The van der Waals surface area contributed by atoms with Gasteiger partial charge in [-0.25, -0.2) is 0 Å². The maximum Gasteiger partial charge on any atom is 0.0416 e. The number of anilines is 1. The molecular formula is C12H18N2. The molecule has 2 unspecified atom stereocenters. The molecule has 14 heavy (non-hydrogen) atoms. The fraction of sp³-hybridized carbons (Fsp3) is 0.500. The maximum absolute atomic E-state index is 5.95. The van der Waals surface area contributed by atoms with Crippen molar-refractivity contribution in [2.45, 2.75) is 32.4 Å². The van der Waals surface area contributed by atoms with Gasteiger partial charge in [-0.15, -0.1) is 0 Å². The smallest absolute Gasteiger partial charge is 0.0416 e. The first-order chi connectivity index (χ1) is 6.70. The van der Waals surface area contributed by atoms with Crippen LogP contribution in [0.3, 0.4) is 0 Å². The lowest BCUT2D eigenvalue weighted by molar-refractivity contribution is 0.478. The Bertz CT molecular complexity index is 320. The normalized spacial score (nSPS) is 23.1. The van der Waals surface area contributed by atoms with Crippen LogP contribution in [0.5, 0.6) is 0 Å². The van der Waals surface area contributed by atoms with E-state index in [4.69, 9.17) is 5.73 Å². The second kappa shape index (κ2) is 3.62. The Kier molecular flexibility index (Phi) is 2.46. The number of para-hydroxylation sites is 1. The third-order valence-corrected chi connectivity index (χ3v) is 3.06. The summed E-state index contributed by atoms with van der Waals surface area (Å²) in [5, 5.41) is 0. The maximum atomic E-state index is 5.95. The van der Waals surface area contributed by atoms with E-state index >= 15 is 0 Å². The van der Waals surface area contributed by atoms with E-state index < -0.39 is 0 Å². The van der Waals surface area contributed by atoms with Crippen LogP contribution >= 0.6 is 0 Å². The summed E-state index contributed by atoms with van der Waals surface area (Å²) in [4.78, 5) is 2.43. The largest absolute Gasteiger partial charge is 0.368 e. The van der Waals surface area contributed by atoms with Gasteiger partial charge >= 0.3 is 0 Å². The SMILES string of the molecule is CC(N)c1ccccc1N1CCC1C. The molecule has 0 aromatic heterocycles. The van der Waals surface area contributed by atoms with Crippen LogP contribution in [0, 0.1) is 0 Å². The van der Waals surface area contributed by atoms with Crippen molar-refractivity contribution in [3.63, 3.8) is 0 Å². The highest BCUT2D eigenvalue weighted by molar-refractivity contribution is 5.57. The molecule has 0 saturated carbocycles. The van der Waals surface area contributed by atoms with Gasteiger partial charge in [-0.1, -0.05) is 18.2 Å². The minimum absolute atomic E-state index is 0.124. The predicted molar refractivity (Wildman–Crippen MR) is 60.5 cm³/mol. The molecule has 0 radical (unpaired) electrons. The molecule has 2 nitrogen and oxygen atoms in total. The summed E-state index contributed by atoms with van der Waals surface area (Å²) < 4.78 is 0. The highest BCUT2D eigenvalue weighted by atomic mass is 15.2. The topological polar surface area (TPSA) is 29.3 Å². The van der Waals surface area contributed by atoms with Crippen LogP contribution in [0.25, 0.3) is 0 Å². The first-order valence-electron chi connectivity index (χ1n) is 5.31. The minimum atomic E-state index is 0.124. The number of hydrogen-bond donors (Lipinski definition) is 1. The lowest BCUT2D eigenvalue weighted by Gasteiger charge is -2.42. The van der Waals surface area contributed by atoms with Crippen molar-refractivity contribution >= 4 is 5.69 Å². The molecule has 2 heteroatoms. The molecule has 1 fully saturated rings. The molecule has 2 atom stereocenters. The molecule has 2 rings (SSSR count). The molecule has 1 saturated heterocycles. The average Bonchev–Trinajstić information content (AvgIpc) is 2.16. The minimum Gasteiger partial charge on any atom is -0.368 e. The van der Waals surface area contributed by atoms with Crippen LogP contribution in [0.15, 0.2) is 24.3 Å². The van der Waals surface area contributed by atoms with Gasteiger partial charge in [0.2, 0.25) is 0 Å². The van der Waals surface area contributed by atoms with Crippen molar-refractivity contribution < 1.29 is 0 Å². The van der Waals surface area contributed by atoms with Crippen molar-refractivity contribution in [1.29, 1.82) is 0 Å². The number of hydrogen-bond acceptors (Lipinski definition) is 2. The van der Waals surface area contributed by atoms with Crippen molar-refractivity contribution in [2.24, 2.45) is 5.73 Å². The van der Waals surface area contributed by atoms with Crippen LogP contribution in [0.1, 0.15) is 31.9 Å². The zero-order valence-electron chi connectivity index (χ0n) is 8.90. The Morgan fingerprint density at radius 2 is 2.14 bits per heavy atom. The zero-order chi connectivity index (χ0) is 10.1. The highest BCUT2D eigenvalue weighted by Gasteiger charge is 2.25. The first-order valence-corrected chi connectivity index (χ1v) is 5.31. The average molecular weight is 190 g/mol. The van der Waals surface area contributed by atoms with E-state index in [1.165, 1.54) is 24.2 Å². The van der Waals surface area contributed by atoms with Crippen LogP contribution in [0.4, 0.5) is 5.69 Å². The molecular weight excluding hydrogens is 172 g/mol. The summed E-state index contributed by atoms with van der Waals surface area (Å²) in [5.74, 6) is 0. The van der Waals surface area contributed by atoms with E-state index in [0.29, 0.717) is 6.04 Å². The van der Waals surface area contributed by atoms with Gasteiger partial charge in [-0.3, -0.25) is 0 Å².